The Kier molecular flexibility index (Phi) is 3.74. The zero-order valence-corrected chi connectivity index (χ0v) is 5.77. The van der Waals surface area contributed by atoms with Crippen molar-refractivity contribution in [2.24, 2.45) is 0 Å². The number of carbonyl (C=O) groups is 1. The lowest BCUT2D eigenvalue weighted by Gasteiger charge is -2.06. The van der Waals surface area contributed by atoms with Gasteiger partial charge < -0.3 is 5.32 Å². The Labute approximate surface area is 55.6 Å². The van der Waals surface area contributed by atoms with Crippen LogP contribution in [0, 0.1) is 12.3 Å². The van der Waals surface area contributed by atoms with Crippen molar-refractivity contribution in [2.75, 3.05) is 7.05 Å². The summed E-state index contributed by atoms with van der Waals surface area (Å²) >= 11 is 0. The van der Waals surface area contributed by atoms with Crippen LogP contribution in [0.3, 0.4) is 0 Å². The summed E-state index contributed by atoms with van der Waals surface area (Å²) in [4.78, 5) is 10.6. The van der Waals surface area contributed by atoms with Crippen LogP contribution in [0.1, 0.15) is 13.3 Å². The van der Waals surface area contributed by atoms with Crippen LogP contribution in [0.15, 0.2) is 0 Å². The van der Waals surface area contributed by atoms with Gasteiger partial charge in [-0.3, -0.25) is 4.79 Å². The van der Waals surface area contributed by atoms with Crippen molar-refractivity contribution >= 4 is 5.78 Å². The third-order valence-electron chi connectivity index (χ3n) is 1.16. The molecule has 0 saturated heterocycles. The summed E-state index contributed by atoms with van der Waals surface area (Å²) in [5, 5.41) is 2.81. The number of Topliss-reactive ketones (excluding diaryl/α,β-unsaturated/α-hetero) is 1. The van der Waals surface area contributed by atoms with Crippen LogP contribution >= 0.6 is 0 Å². The van der Waals surface area contributed by atoms with Crippen molar-refractivity contribution in [3.8, 4) is 12.3 Å². The molecule has 0 saturated carbocycles. The maximum Gasteiger partial charge on any atom is 0.147 e. The molecule has 0 amide bonds. The van der Waals surface area contributed by atoms with Gasteiger partial charge >= 0.3 is 0 Å². The molecule has 50 valence electrons. The van der Waals surface area contributed by atoms with Gasteiger partial charge in [0.1, 0.15) is 5.78 Å². The molecule has 1 N–H and O–H groups in total. The third kappa shape index (κ3) is 2.89. The van der Waals surface area contributed by atoms with Gasteiger partial charge in [-0.1, -0.05) is 0 Å². The van der Waals surface area contributed by atoms with E-state index in [1.54, 1.807) is 7.05 Å². The van der Waals surface area contributed by atoms with Crippen molar-refractivity contribution < 1.29 is 4.79 Å². The fourth-order valence-corrected chi connectivity index (χ4v) is 0.567. The predicted octanol–water partition coefficient (Wildman–Crippen LogP) is 0.187. The molecule has 2 nitrogen and oxygen atoms in total. The maximum atomic E-state index is 10.6. The molecule has 0 bridgehead atoms. The van der Waals surface area contributed by atoms with Crippen molar-refractivity contribution in [2.45, 2.75) is 19.4 Å². The summed E-state index contributed by atoms with van der Waals surface area (Å²) in [6, 6.07) is -0.157. The zero-order valence-electron chi connectivity index (χ0n) is 5.77. The molecule has 1 atom stereocenters. The molecule has 0 rings (SSSR count). The molecule has 9 heavy (non-hydrogen) atoms. The maximum absolute atomic E-state index is 10.6. The van der Waals surface area contributed by atoms with Gasteiger partial charge in [0.25, 0.3) is 0 Å². The van der Waals surface area contributed by atoms with Crippen LogP contribution in [0.2, 0.25) is 0 Å². The molecule has 0 aliphatic carbocycles. The molecule has 0 aliphatic heterocycles. The smallest absolute Gasteiger partial charge is 0.147 e. The number of hydrogen-bond acceptors (Lipinski definition) is 2. The Morgan fingerprint density at radius 1 is 1.89 bits per heavy atom. The highest BCUT2D eigenvalue weighted by Gasteiger charge is 2.07. The molecule has 0 aromatic carbocycles. The zero-order chi connectivity index (χ0) is 7.28. The second-order valence-electron chi connectivity index (χ2n) is 1.86. The summed E-state index contributed by atoms with van der Waals surface area (Å²) in [5.74, 6) is 2.51. The second-order valence-corrected chi connectivity index (χ2v) is 1.86. The van der Waals surface area contributed by atoms with Gasteiger partial charge in [-0.25, -0.2) is 0 Å². The first kappa shape index (κ1) is 8.19. The molecule has 0 aromatic rings. The number of rotatable bonds is 3. The number of terminal acetylenes is 1. The Morgan fingerprint density at radius 3 is 2.56 bits per heavy atom. The van der Waals surface area contributed by atoms with E-state index >= 15 is 0 Å². The van der Waals surface area contributed by atoms with Gasteiger partial charge in [0.2, 0.25) is 0 Å². The lowest BCUT2D eigenvalue weighted by molar-refractivity contribution is -0.118. The van der Waals surface area contributed by atoms with Gasteiger partial charge in [0.05, 0.1) is 6.04 Å². The highest BCUT2D eigenvalue weighted by atomic mass is 16.1. The van der Waals surface area contributed by atoms with Gasteiger partial charge in [-0.05, 0) is 14.0 Å². The van der Waals surface area contributed by atoms with E-state index in [1.165, 1.54) is 6.92 Å². The topological polar surface area (TPSA) is 29.1 Å². The number of likely N-dealkylation sites (N-methyl/N-ethyl adjacent to an activating group) is 1. The Hall–Kier alpha value is -0.810. The van der Waals surface area contributed by atoms with Gasteiger partial charge in [-0.15, -0.1) is 12.3 Å². The highest BCUT2D eigenvalue weighted by Crippen LogP contribution is 1.89. The van der Waals surface area contributed by atoms with Crippen LogP contribution in [0.5, 0.6) is 0 Å². The number of ketones is 1. The third-order valence-corrected chi connectivity index (χ3v) is 1.16. The van der Waals surface area contributed by atoms with Gasteiger partial charge in [0, 0.05) is 6.42 Å². The lowest BCUT2D eigenvalue weighted by Crippen LogP contribution is -2.31. The van der Waals surface area contributed by atoms with E-state index in [0.29, 0.717) is 6.42 Å². The van der Waals surface area contributed by atoms with E-state index < -0.39 is 0 Å². The number of carbonyl (C=O) groups excluding carboxylic acids is 1. The van der Waals surface area contributed by atoms with Crippen LogP contribution in [-0.4, -0.2) is 18.9 Å². The molecule has 0 aromatic heterocycles. The molecule has 0 heterocycles. The van der Waals surface area contributed by atoms with Crippen molar-refractivity contribution in [3.05, 3.63) is 0 Å². The molecular formula is C7H11NO. The van der Waals surface area contributed by atoms with Crippen molar-refractivity contribution in [1.82, 2.24) is 5.32 Å². The standard InChI is InChI=1S/C7H11NO/c1-4-5-7(8-3)6(2)9/h1,7-8H,5H2,2-3H3. The minimum Gasteiger partial charge on any atom is -0.310 e. The lowest BCUT2D eigenvalue weighted by atomic mass is 10.1. The average Bonchev–Trinajstić information content (AvgIpc) is 1.82. The minimum absolute atomic E-state index is 0.0930. The summed E-state index contributed by atoms with van der Waals surface area (Å²) in [6.07, 6.45) is 5.48. The molecule has 2 heteroatoms. The monoisotopic (exact) mass is 125 g/mol. The SMILES string of the molecule is C#CCC(NC)C(C)=O. The quantitative estimate of drug-likeness (QED) is 0.545. The highest BCUT2D eigenvalue weighted by molar-refractivity contribution is 5.81. The summed E-state index contributed by atoms with van der Waals surface area (Å²) in [5.41, 5.74) is 0. The summed E-state index contributed by atoms with van der Waals surface area (Å²) in [7, 11) is 1.73. The first-order valence-electron chi connectivity index (χ1n) is 2.83. The molecule has 0 aliphatic rings. The second kappa shape index (κ2) is 4.11. The van der Waals surface area contributed by atoms with Gasteiger partial charge in [-0.2, -0.15) is 0 Å². The van der Waals surface area contributed by atoms with Crippen LogP contribution in [-0.2, 0) is 4.79 Å². The van der Waals surface area contributed by atoms with Gasteiger partial charge in [0.15, 0.2) is 0 Å². The van der Waals surface area contributed by atoms with Crippen molar-refractivity contribution in [1.29, 1.82) is 0 Å². The molecule has 1 unspecified atom stereocenters. The van der Waals surface area contributed by atoms with Crippen LogP contribution in [0.4, 0.5) is 0 Å². The number of nitrogens with one attached hydrogen (secondary N) is 1. The fraction of sp³-hybridized carbons (Fsp3) is 0.571. The first-order chi connectivity index (χ1) is 4.22. The number of hydrogen-bond donors (Lipinski definition) is 1. The Bertz CT molecular complexity index is 134. The average molecular weight is 125 g/mol. The van der Waals surface area contributed by atoms with E-state index in [2.05, 4.69) is 11.2 Å². The minimum atomic E-state index is -0.157. The van der Waals surface area contributed by atoms with Crippen LogP contribution in [0.25, 0.3) is 0 Å². The molecule has 0 fully saturated rings. The van der Waals surface area contributed by atoms with Crippen LogP contribution < -0.4 is 5.32 Å². The van der Waals surface area contributed by atoms with E-state index in [1.807, 2.05) is 0 Å². The normalized spacial score (nSPS) is 12.1. The largest absolute Gasteiger partial charge is 0.310 e. The predicted molar refractivity (Wildman–Crippen MR) is 37.0 cm³/mol. The van der Waals surface area contributed by atoms with E-state index in [-0.39, 0.29) is 11.8 Å². The van der Waals surface area contributed by atoms with E-state index in [9.17, 15) is 4.79 Å². The van der Waals surface area contributed by atoms with E-state index in [0.717, 1.165) is 0 Å². The summed E-state index contributed by atoms with van der Waals surface area (Å²) < 4.78 is 0. The molecule has 0 radical (unpaired) electrons. The van der Waals surface area contributed by atoms with Crippen molar-refractivity contribution in [3.63, 3.8) is 0 Å². The first-order valence-corrected chi connectivity index (χ1v) is 2.83. The van der Waals surface area contributed by atoms with E-state index in [4.69, 9.17) is 6.42 Å². The fourth-order valence-electron chi connectivity index (χ4n) is 0.567. The Balaban J connectivity index is 3.71. The Morgan fingerprint density at radius 2 is 2.44 bits per heavy atom. The summed E-state index contributed by atoms with van der Waals surface area (Å²) in [6.45, 7) is 1.53. The molecule has 0 spiro atoms. The molecular weight excluding hydrogens is 114 g/mol.